The van der Waals surface area contributed by atoms with Crippen molar-refractivity contribution in [3.8, 4) is 0 Å². The molecular formula is C8H10O4. The average Bonchev–Trinajstić information content (AvgIpc) is 2.11. The van der Waals surface area contributed by atoms with Gasteiger partial charge in [0, 0.05) is 0 Å². The van der Waals surface area contributed by atoms with E-state index in [1.54, 1.807) is 6.92 Å². The molecular weight excluding hydrogens is 160 g/mol. The largest absolute Gasteiger partial charge is 0.515 e. The van der Waals surface area contributed by atoms with Gasteiger partial charge in [-0.3, -0.25) is 4.79 Å². The van der Waals surface area contributed by atoms with Gasteiger partial charge in [-0.05, 0) is 18.6 Å². The average molecular weight is 170 g/mol. The van der Waals surface area contributed by atoms with Gasteiger partial charge in [0.15, 0.2) is 0 Å². The summed E-state index contributed by atoms with van der Waals surface area (Å²) in [7, 11) is 1.13. The first-order valence-corrected chi connectivity index (χ1v) is 3.23. The molecule has 0 aromatic carbocycles. The summed E-state index contributed by atoms with van der Waals surface area (Å²) in [5.74, 6) is -1.67. The number of aliphatic hydroxyl groups excluding tert-OH is 1. The topological polar surface area (TPSA) is 63.6 Å². The van der Waals surface area contributed by atoms with E-state index < -0.39 is 11.8 Å². The Balaban J connectivity index is 4.18. The van der Waals surface area contributed by atoms with Gasteiger partial charge >= 0.3 is 5.97 Å². The molecule has 1 N–H and O–H groups in total. The molecule has 0 rings (SSSR count). The monoisotopic (exact) mass is 170 g/mol. The second-order valence-corrected chi connectivity index (χ2v) is 2.06. The molecule has 0 saturated carbocycles. The molecule has 12 heavy (non-hydrogen) atoms. The maximum Gasteiger partial charge on any atom is 0.378 e. The molecule has 0 saturated heterocycles. The summed E-state index contributed by atoms with van der Waals surface area (Å²) >= 11 is 0. The third kappa shape index (κ3) is 3.55. The van der Waals surface area contributed by atoms with Crippen LogP contribution in [-0.4, -0.2) is 24.0 Å². The van der Waals surface area contributed by atoms with E-state index in [1.165, 1.54) is 6.08 Å². The van der Waals surface area contributed by atoms with Crippen LogP contribution in [0, 0.1) is 0 Å². The summed E-state index contributed by atoms with van der Waals surface area (Å²) < 4.78 is 4.16. The highest BCUT2D eigenvalue weighted by Gasteiger charge is 2.08. The fourth-order valence-corrected chi connectivity index (χ4v) is 0.419. The number of aliphatic hydroxyl groups is 1. The molecule has 0 atom stereocenters. The van der Waals surface area contributed by atoms with Gasteiger partial charge in [-0.1, -0.05) is 6.08 Å². The van der Waals surface area contributed by atoms with E-state index in [0.29, 0.717) is 5.57 Å². The van der Waals surface area contributed by atoms with Crippen LogP contribution < -0.4 is 0 Å². The van der Waals surface area contributed by atoms with Gasteiger partial charge in [0.2, 0.25) is 0 Å². The minimum absolute atomic E-state index is 0.479. The van der Waals surface area contributed by atoms with Crippen LogP contribution in [0.4, 0.5) is 0 Å². The summed E-state index contributed by atoms with van der Waals surface area (Å²) in [6, 6.07) is 0. The minimum Gasteiger partial charge on any atom is -0.515 e. The molecule has 0 amide bonds. The Kier molecular flexibility index (Phi) is 4.45. The zero-order valence-corrected chi connectivity index (χ0v) is 6.90. The fraction of sp³-hybridized carbons (Fsp3) is 0.250. The van der Waals surface area contributed by atoms with E-state index in [9.17, 15) is 9.59 Å². The highest BCUT2D eigenvalue weighted by molar-refractivity contribution is 6.38. The Morgan fingerprint density at radius 1 is 1.33 bits per heavy atom. The molecule has 0 aliphatic heterocycles. The number of ketones is 1. The molecule has 4 heteroatoms. The molecule has 0 bridgehead atoms. The molecule has 0 radical (unpaired) electrons. The van der Waals surface area contributed by atoms with Gasteiger partial charge in [0.25, 0.3) is 5.78 Å². The summed E-state index contributed by atoms with van der Waals surface area (Å²) in [4.78, 5) is 21.2. The number of ether oxygens (including phenoxy) is 1. The normalized spacial score (nSPS) is 11.7. The fourth-order valence-electron chi connectivity index (χ4n) is 0.419. The third-order valence-corrected chi connectivity index (χ3v) is 1.09. The van der Waals surface area contributed by atoms with Crippen molar-refractivity contribution in [2.24, 2.45) is 0 Å². The van der Waals surface area contributed by atoms with Crippen LogP contribution in [0.25, 0.3) is 0 Å². The molecule has 66 valence electrons. The molecule has 0 aliphatic rings. The first-order valence-electron chi connectivity index (χ1n) is 3.23. The maximum absolute atomic E-state index is 10.7. The highest BCUT2D eigenvalue weighted by atomic mass is 16.5. The molecule has 4 nitrogen and oxygen atoms in total. The molecule has 0 aromatic rings. The van der Waals surface area contributed by atoms with Crippen molar-refractivity contribution in [1.82, 2.24) is 0 Å². The van der Waals surface area contributed by atoms with E-state index in [4.69, 9.17) is 5.11 Å². The number of esters is 1. The van der Waals surface area contributed by atoms with Crippen molar-refractivity contribution in [1.29, 1.82) is 0 Å². The quantitative estimate of drug-likeness (QED) is 0.223. The van der Waals surface area contributed by atoms with Crippen LogP contribution in [0.5, 0.6) is 0 Å². The first-order chi connectivity index (χ1) is 5.61. The highest BCUT2D eigenvalue weighted by Crippen LogP contribution is 1.93. The summed E-state index contributed by atoms with van der Waals surface area (Å²) in [6.45, 7) is 1.58. The Labute approximate surface area is 70.1 Å². The molecule has 0 aliphatic carbocycles. The van der Waals surface area contributed by atoms with Crippen LogP contribution in [0.1, 0.15) is 6.92 Å². The lowest BCUT2D eigenvalue weighted by Crippen LogP contribution is -2.12. The summed E-state index contributed by atoms with van der Waals surface area (Å²) in [6.07, 6.45) is 3.19. The van der Waals surface area contributed by atoms with Crippen molar-refractivity contribution in [2.45, 2.75) is 6.92 Å². The lowest BCUT2D eigenvalue weighted by atomic mass is 10.2. The molecule has 0 heterocycles. The lowest BCUT2D eigenvalue weighted by molar-refractivity contribution is -0.149. The van der Waals surface area contributed by atoms with Gasteiger partial charge in [0.1, 0.15) is 0 Å². The minimum atomic E-state index is -0.919. The van der Waals surface area contributed by atoms with E-state index in [1.807, 2.05) is 0 Å². The zero-order chi connectivity index (χ0) is 9.56. The van der Waals surface area contributed by atoms with Gasteiger partial charge in [0.05, 0.1) is 13.4 Å². The number of methoxy groups -OCH3 is 1. The number of hydrogen-bond acceptors (Lipinski definition) is 4. The maximum atomic E-state index is 10.7. The predicted octanol–water partition coefficient (Wildman–Crippen LogP) is 0.746. The summed E-state index contributed by atoms with van der Waals surface area (Å²) in [5.41, 5.74) is 0.479. The van der Waals surface area contributed by atoms with E-state index in [0.717, 1.165) is 19.4 Å². The van der Waals surface area contributed by atoms with Crippen molar-refractivity contribution < 1.29 is 19.4 Å². The zero-order valence-electron chi connectivity index (χ0n) is 6.90. The van der Waals surface area contributed by atoms with Crippen molar-refractivity contribution >= 4 is 11.8 Å². The van der Waals surface area contributed by atoms with Crippen molar-refractivity contribution in [2.75, 3.05) is 7.11 Å². The van der Waals surface area contributed by atoms with Gasteiger partial charge < -0.3 is 9.84 Å². The molecule has 0 unspecified atom stereocenters. The lowest BCUT2D eigenvalue weighted by Gasteiger charge is -1.91. The smallest absolute Gasteiger partial charge is 0.378 e. The third-order valence-electron chi connectivity index (χ3n) is 1.09. The Bertz CT molecular complexity index is 237. The second-order valence-electron chi connectivity index (χ2n) is 2.06. The molecule has 0 spiro atoms. The van der Waals surface area contributed by atoms with Gasteiger partial charge in [-0.25, -0.2) is 4.79 Å². The number of hydrogen-bond donors (Lipinski definition) is 1. The van der Waals surface area contributed by atoms with Crippen LogP contribution in [0.2, 0.25) is 0 Å². The number of carbonyl (C=O) groups excluding carboxylic acids is 2. The van der Waals surface area contributed by atoms with E-state index >= 15 is 0 Å². The van der Waals surface area contributed by atoms with Gasteiger partial charge in [-0.2, -0.15) is 0 Å². The van der Waals surface area contributed by atoms with Crippen LogP contribution in [0.3, 0.4) is 0 Å². The van der Waals surface area contributed by atoms with Crippen LogP contribution in [-0.2, 0) is 14.3 Å². The second kappa shape index (κ2) is 5.12. The summed E-state index contributed by atoms with van der Waals surface area (Å²) in [5, 5.41) is 8.40. The van der Waals surface area contributed by atoms with Crippen molar-refractivity contribution in [3.63, 3.8) is 0 Å². The van der Waals surface area contributed by atoms with Crippen LogP contribution >= 0.6 is 0 Å². The first kappa shape index (κ1) is 10.4. The van der Waals surface area contributed by atoms with E-state index in [2.05, 4.69) is 4.74 Å². The van der Waals surface area contributed by atoms with Crippen LogP contribution in [0.15, 0.2) is 24.0 Å². The predicted molar refractivity (Wildman–Crippen MR) is 42.5 cm³/mol. The number of allylic oxidation sites excluding steroid dienone is 2. The standard InChI is InChI=1S/C8H10O4/c1-6(5-9)3-4-7(10)8(11)12-2/h3-5,9H,1-2H3/b4-3+,6-5-. The number of carbonyl (C=O) groups is 2. The Hall–Kier alpha value is -1.58. The molecule has 0 aromatic heterocycles. The Morgan fingerprint density at radius 2 is 1.92 bits per heavy atom. The number of rotatable bonds is 3. The van der Waals surface area contributed by atoms with Gasteiger partial charge in [-0.15, -0.1) is 0 Å². The van der Waals surface area contributed by atoms with Crippen molar-refractivity contribution in [3.05, 3.63) is 24.0 Å². The Morgan fingerprint density at radius 3 is 2.33 bits per heavy atom. The van der Waals surface area contributed by atoms with E-state index in [-0.39, 0.29) is 0 Å². The SMILES string of the molecule is COC(=O)C(=O)/C=C/C(C)=C\O. The molecule has 0 fully saturated rings.